The van der Waals surface area contributed by atoms with E-state index in [0.29, 0.717) is 6.54 Å². The van der Waals surface area contributed by atoms with Crippen LogP contribution in [-0.4, -0.2) is 29.9 Å². The van der Waals surface area contributed by atoms with Crippen LogP contribution in [0.3, 0.4) is 0 Å². The van der Waals surface area contributed by atoms with Crippen LogP contribution in [0.5, 0.6) is 0 Å². The van der Waals surface area contributed by atoms with E-state index in [1.807, 2.05) is 0 Å². The molecule has 1 aromatic carbocycles. The van der Waals surface area contributed by atoms with Crippen LogP contribution < -0.4 is 5.32 Å². The zero-order chi connectivity index (χ0) is 11.8. The highest BCUT2D eigenvalue weighted by atomic mass is 32.2. The van der Waals surface area contributed by atoms with Crippen LogP contribution in [0.15, 0.2) is 29.2 Å². The van der Waals surface area contributed by atoms with Crippen LogP contribution >= 0.6 is 11.8 Å². The topological polar surface area (TPSA) is 49.3 Å². The Morgan fingerprint density at radius 2 is 2.00 bits per heavy atom. The zero-order valence-corrected chi connectivity index (χ0v) is 10.2. The summed E-state index contributed by atoms with van der Waals surface area (Å²) in [5, 5.41) is 11.5. The molecular formula is C12H17NO2S. The minimum absolute atomic E-state index is 0.190. The fourth-order valence-electron chi connectivity index (χ4n) is 1.20. The summed E-state index contributed by atoms with van der Waals surface area (Å²) in [4.78, 5) is 11.5. The molecule has 0 aliphatic carbocycles. The smallest absolute Gasteiger partial charge is 0.304 e. The Kier molecular flexibility index (Phi) is 5.96. The van der Waals surface area contributed by atoms with E-state index in [0.717, 1.165) is 12.3 Å². The van der Waals surface area contributed by atoms with Crippen LogP contribution in [0.2, 0.25) is 0 Å². The molecule has 0 amide bonds. The number of carboxylic acids is 1. The average molecular weight is 239 g/mol. The van der Waals surface area contributed by atoms with E-state index in [1.165, 1.54) is 10.5 Å². The Labute approximate surface area is 100 Å². The molecule has 0 saturated heterocycles. The second-order valence-corrected chi connectivity index (χ2v) is 4.72. The molecule has 1 rings (SSSR count). The fourth-order valence-corrected chi connectivity index (χ4v) is 2.01. The molecule has 0 radical (unpaired) electrons. The quantitative estimate of drug-likeness (QED) is 0.565. The minimum Gasteiger partial charge on any atom is -0.481 e. The molecule has 0 bridgehead atoms. The number of benzene rings is 1. The Bertz CT molecular complexity index is 324. The maximum absolute atomic E-state index is 10.2. The second kappa shape index (κ2) is 7.30. The molecule has 0 unspecified atom stereocenters. The first kappa shape index (κ1) is 13.1. The summed E-state index contributed by atoms with van der Waals surface area (Å²) >= 11 is 1.78. The van der Waals surface area contributed by atoms with E-state index in [4.69, 9.17) is 5.11 Å². The number of thioether (sulfide) groups is 1. The lowest BCUT2D eigenvalue weighted by atomic mass is 10.2. The van der Waals surface area contributed by atoms with E-state index >= 15 is 0 Å². The molecule has 0 spiro atoms. The number of aryl methyl sites for hydroxylation is 1. The Morgan fingerprint density at radius 3 is 2.62 bits per heavy atom. The summed E-state index contributed by atoms with van der Waals surface area (Å²) in [6, 6.07) is 8.41. The van der Waals surface area contributed by atoms with Crippen LogP contribution in [0.25, 0.3) is 0 Å². The first-order chi connectivity index (χ1) is 7.68. The Balaban J connectivity index is 2.07. The fraction of sp³-hybridized carbons (Fsp3) is 0.417. The third-order valence-corrected chi connectivity index (χ3v) is 3.10. The SMILES string of the molecule is Cc1ccc(SCCNCCC(=O)O)cc1. The number of carbonyl (C=O) groups is 1. The summed E-state index contributed by atoms with van der Waals surface area (Å²) in [5.74, 6) is 0.210. The van der Waals surface area contributed by atoms with Crippen LogP contribution in [-0.2, 0) is 4.79 Å². The molecule has 4 heteroatoms. The third kappa shape index (κ3) is 5.78. The highest BCUT2D eigenvalue weighted by Crippen LogP contribution is 2.17. The third-order valence-electron chi connectivity index (χ3n) is 2.08. The van der Waals surface area contributed by atoms with Gasteiger partial charge in [0.05, 0.1) is 6.42 Å². The van der Waals surface area contributed by atoms with Gasteiger partial charge in [0.25, 0.3) is 0 Å². The van der Waals surface area contributed by atoms with Crippen LogP contribution in [0.4, 0.5) is 0 Å². The van der Waals surface area contributed by atoms with Gasteiger partial charge in [0.1, 0.15) is 0 Å². The molecule has 0 atom stereocenters. The second-order valence-electron chi connectivity index (χ2n) is 3.56. The van der Waals surface area contributed by atoms with Crippen molar-refractivity contribution in [3.05, 3.63) is 29.8 Å². The van der Waals surface area contributed by atoms with Crippen LogP contribution in [0, 0.1) is 6.92 Å². The lowest BCUT2D eigenvalue weighted by Crippen LogP contribution is -2.20. The van der Waals surface area contributed by atoms with Gasteiger partial charge in [0.15, 0.2) is 0 Å². The summed E-state index contributed by atoms with van der Waals surface area (Å²) in [7, 11) is 0. The van der Waals surface area contributed by atoms with Crippen molar-refractivity contribution in [1.29, 1.82) is 0 Å². The van der Waals surface area contributed by atoms with Gasteiger partial charge >= 0.3 is 5.97 Å². The van der Waals surface area contributed by atoms with Crippen LogP contribution in [0.1, 0.15) is 12.0 Å². The van der Waals surface area contributed by atoms with Crippen molar-refractivity contribution in [3.8, 4) is 0 Å². The number of hydrogen-bond donors (Lipinski definition) is 2. The average Bonchev–Trinajstić information content (AvgIpc) is 2.25. The van der Waals surface area contributed by atoms with Crippen molar-refractivity contribution in [2.45, 2.75) is 18.2 Å². The van der Waals surface area contributed by atoms with Crippen molar-refractivity contribution in [1.82, 2.24) is 5.32 Å². The summed E-state index contributed by atoms with van der Waals surface area (Å²) < 4.78 is 0. The lowest BCUT2D eigenvalue weighted by Gasteiger charge is -2.03. The minimum atomic E-state index is -0.751. The number of aliphatic carboxylic acids is 1. The van der Waals surface area contributed by atoms with Gasteiger partial charge in [-0.2, -0.15) is 0 Å². The first-order valence-electron chi connectivity index (χ1n) is 5.30. The van der Waals surface area contributed by atoms with Gasteiger partial charge in [0, 0.05) is 23.7 Å². The van der Waals surface area contributed by atoms with Crippen molar-refractivity contribution >= 4 is 17.7 Å². The van der Waals surface area contributed by atoms with Crippen molar-refractivity contribution in [2.75, 3.05) is 18.8 Å². The van der Waals surface area contributed by atoms with E-state index in [2.05, 4.69) is 36.5 Å². The molecular weight excluding hydrogens is 222 g/mol. The van der Waals surface area contributed by atoms with Gasteiger partial charge in [-0.05, 0) is 19.1 Å². The summed E-state index contributed by atoms with van der Waals surface area (Å²) in [6.45, 7) is 3.46. The molecule has 0 aromatic heterocycles. The largest absolute Gasteiger partial charge is 0.481 e. The molecule has 88 valence electrons. The summed E-state index contributed by atoms with van der Waals surface area (Å²) in [5.41, 5.74) is 1.27. The highest BCUT2D eigenvalue weighted by molar-refractivity contribution is 7.99. The molecule has 1 aromatic rings. The molecule has 0 heterocycles. The number of carboxylic acid groups (broad SMARTS) is 1. The molecule has 3 nitrogen and oxygen atoms in total. The lowest BCUT2D eigenvalue weighted by molar-refractivity contribution is -0.136. The predicted octanol–water partition coefficient (Wildman–Crippen LogP) is 2.15. The van der Waals surface area contributed by atoms with Crippen molar-refractivity contribution < 1.29 is 9.90 Å². The first-order valence-corrected chi connectivity index (χ1v) is 6.29. The van der Waals surface area contributed by atoms with Gasteiger partial charge in [-0.3, -0.25) is 4.79 Å². The number of hydrogen-bond acceptors (Lipinski definition) is 3. The standard InChI is InChI=1S/C12H17NO2S/c1-10-2-4-11(5-3-10)16-9-8-13-7-6-12(14)15/h2-5,13H,6-9H2,1H3,(H,14,15). The van der Waals surface area contributed by atoms with Gasteiger partial charge < -0.3 is 10.4 Å². The number of rotatable bonds is 7. The normalized spacial score (nSPS) is 10.3. The van der Waals surface area contributed by atoms with E-state index in [9.17, 15) is 4.79 Å². The zero-order valence-electron chi connectivity index (χ0n) is 9.40. The molecule has 0 aliphatic rings. The Hall–Kier alpha value is -1.00. The van der Waals surface area contributed by atoms with Gasteiger partial charge in [-0.15, -0.1) is 11.8 Å². The highest BCUT2D eigenvalue weighted by Gasteiger charge is 1.96. The summed E-state index contributed by atoms with van der Waals surface area (Å²) in [6.07, 6.45) is 0.190. The van der Waals surface area contributed by atoms with Crippen molar-refractivity contribution in [2.24, 2.45) is 0 Å². The van der Waals surface area contributed by atoms with E-state index < -0.39 is 5.97 Å². The molecule has 0 fully saturated rings. The molecule has 2 N–H and O–H groups in total. The van der Waals surface area contributed by atoms with Gasteiger partial charge in [-0.1, -0.05) is 17.7 Å². The van der Waals surface area contributed by atoms with Gasteiger partial charge in [-0.25, -0.2) is 0 Å². The molecule has 0 aliphatic heterocycles. The van der Waals surface area contributed by atoms with E-state index in [-0.39, 0.29) is 6.42 Å². The maximum Gasteiger partial charge on any atom is 0.304 e. The Morgan fingerprint density at radius 1 is 1.31 bits per heavy atom. The van der Waals surface area contributed by atoms with Crippen molar-refractivity contribution in [3.63, 3.8) is 0 Å². The molecule has 0 saturated carbocycles. The predicted molar refractivity (Wildman–Crippen MR) is 67.0 cm³/mol. The van der Waals surface area contributed by atoms with Gasteiger partial charge in [0.2, 0.25) is 0 Å². The maximum atomic E-state index is 10.2. The monoisotopic (exact) mass is 239 g/mol. The van der Waals surface area contributed by atoms with E-state index in [1.54, 1.807) is 11.8 Å². The molecule has 16 heavy (non-hydrogen) atoms. The number of nitrogens with one attached hydrogen (secondary N) is 1.